The van der Waals surface area contributed by atoms with Gasteiger partial charge in [-0.3, -0.25) is 14.4 Å². The predicted octanol–water partition coefficient (Wildman–Crippen LogP) is 4.33. The molecule has 0 bridgehead atoms. The van der Waals surface area contributed by atoms with Crippen LogP contribution in [0.15, 0.2) is 12.2 Å². The summed E-state index contributed by atoms with van der Waals surface area (Å²) in [6, 6.07) is 0. The molecule has 0 aromatic heterocycles. The van der Waals surface area contributed by atoms with Crippen LogP contribution in [0.4, 0.5) is 0 Å². The highest BCUT2D eigenvalue weighted by Gasteiger charge is 2.32. The van der Waals surface area contributed by atoms with Crippen LogP contribution < -0.4 is 0 Å². The lowest BCUT2D eigenvalue weighted by Crippen LogP contribution is -2.12. The van der Waals surface area contributed by atoms with Crippen molar-refractivity contribution in [3.05, 3.63) is 12.2 Å². The van der Waals surface area contributed by atoms with Gasteiger partial charge in [-0.05, 0) is 24.8 Å². The molecular formula is C21H30O4. The van der Waals surface area contributed by atoms with Crippen LogP contribution in [-0.4, -0.2) is 22.6 Å². The maximum Gasteiger partial charge on any atom is 0.304 e. The first-order valence-electron chi connectivity index (χ1n) is 9.45. The monoisotopic (exact) mass is 346 g/mol. The molecule has 1 fully saturated rings. The first-order chi connectivity index (χ1) is 12.0. The molecule has 0 aliphatic heterocycles. The number of carboxylic acid groups (broad SMARTS) is 1. The van der Waals surface area contributed by atoms with E-state index >= 15 is 0 Å². The minimum Gasteiger partial charge on any atom is -0.481 e. The summed E-state index contributed by atoms with van der Waals surface area (Å²) in [6.07, 6.45) is 11.9. The van der Waals surface area contributed by atoms with Crippen molar-refractivity contribution in [3.63, 3.8) is 0 Å². The van der Waals surface area contributed by atoms with Crippen molar-refractivity contribution in [2.75, 3.05) is 0 Å². The molecule has 25 heavy (non-hydrogen) atoms. The summed E-state index contributed by atoms with van der Waals surface area (Å²) in [5.74, 6) is 5.18. The van der Waals surface area contributed by atoms with Gasteiger partial charge in [0.2, 0.25) is 0 Å². The fourth-order valence-corrected chi connectivity index (χ4v) is 3.09. The number of carbonyl (C=O) groups is 3. The number of carbonyl (C=O) groups excluding carboxylic acids is 2. The number of hydrogen-bond acceptors (Lipinski definition) is 3. The number of rotatable bonds is 11. The number of allylic oxidation sites excluding steroid dienone is 2. The van der Waals surface area contributed by atoms with Crippen LogP contribution in [0.25, 0.3) is 0 Å². The Kier molecular flexibility index (Phi) is 10.6. The SMILES string of the molecule is CCCCCCCC(=O)C=CC1CCC(=O)C1CC#CCCC(=O)O. The van der Waals surface area contributed by atoms with Gasteiger partial charge >= 0.3 is 5.97 Å². The summed E-state index contributed by atoms with van der Waals surface area (Å²) in [6.45, 7) is 2.17. The number of Topliss-reactive ketones (excluding diaryl/α,β-unsaturated/α-hetero) is 1. The third kappa shape index (κ3) is 9.24. The first-order valence-corrected chi connectivity index (χ1v) is 9.45. The van der Waals surface area contributed by atoms with E-state index in [2.05, 4.69) is 18.8 Å². The van der Waals surface area contributed by atoms with Gasteiger partial charge in [0.1, 0.15) is 5.78 Å². The van der Waals surface area contributed by atoms with Gasteiger partial charge in [0, 0.05) is 31.6 Å². The van der Waals surface area contributed by atoms with Crippen LogP contribution in [0.1, 0.15) is 77.6 Å². The van der Waals surface area contributed by atoms with Gasteiger partial charge in [-0.25, -0.2) is 0 Å². The van der Waals surface area contributed by atoms with E-state index in [4.69, 9.17) is 5.11 Å². The van der Waals surface area contributed by atoms with Gasteiger partial charge in [-0.15, -0.1) is 11.8 Å². The molecule has 2 atom stereocenters. The third-order valence-electron chi connectivity index (χ3n) is 4.62. The maximum atomic E-state index is 12.0. The molecule has 0 amide bonds. The van der Waals surface area contributed by atoms with Crippen molar-refractivity contribution in [3.8, 4) is 11.8 Å². The van der Waals surface area contributed by atoms with Crippen molar-refractivity contribution >= 4 is 17.5 Å². The minimum atomic E-state index is -0.861. The zero-order valence-corrected chi connectivity index (χ0v) is 15.3. The molecule has 1 saturated carbocycles. The summed E-state index contributed by atoms with van der Waals surface area (Å²) < 4.78 is 0. The van der Waals surface area contributed by atoms with Crippen LogP contribution >= 0.6 is 0 Å². The van der Waals surface area contributed by atoms with E-state index in [0.717, 1.165) is 19.3 Å². The molecule has 1 aliphatic carbocycles. The van der Waals surface area contributed by atoms with E-state index in [1.807, 2.05) is 6.08 Å². The molecule has 0 aromatic carbocycles. The second kappa shape index (κ2) is 12.5. The van der Waals surface area contributed by atoms with Crippen LogP contribution in [0.5, 0.6) is 0 Å². The van der Waals surface area contributed by atoms with Crippen LogP contribution in [0, 0.1) is 23.7 Å². The number of aliphatic carboxylic acids is 1. The fourth-order valence-electron chi connectivity index (χ4n) is 3.09. The van der Waals surface area contributed by atoms with E-state index in [-0.39, 0.29) is 29.8 Å². The van der Waals surface area contributed by atoms with Gasteiger partial charge in [0.15, 0.2) is 5.78 Å². The second-order valence-corrected chi connectivity index (χ2v) is 6.72. The normalized spacial score (nSPS) is 19.8. The molecule has 0 heterocycles. The average molecular weight is 346 g/mol. The van der Waals surface area contributed by atoms with E-state index < -0.39 is 5.97 Å². The lowest BCUT2D eigenvalue weighted by atomic mass is 9.91. The van der Waals surface area contributed by atoms with Gasteiger partial charge < -0.3 is 5.11 Å². The average Bonchev–Trinajstić information content (AvgIpc) is 2.92. The van der Waals surface area contributed by atoms with Gasteiger partial charge in [0.05, 0.1) is 6.42 Å². The highest BCUT2D eigenvalue weighted by molar-refractivity contribution is 5.90. The van der Waals surface area contributed by atoms with Gasteiger partial charge in [-0.1, -0.05) is 38.7 Å². The Hall–Kier alpha value is -1.89. The predicted molar refractivity (Wildman–Crippen MR) is 98.0 cm³/mol. The van der Waals surface area contributed by atoms with Crippen LogP contribution in [0.2, 0.25) is 0 Å². The number of carboxylic acids is 1. The van der Waals surface area contributed by atoms with Crippen LogP contribution in [-0.2, 0) is 14.4 Å². The standard InChI is InChI=1S/C21H30O4/c1-2-3-4-5-7-10-18(22)15-13-17-14-16-20(23)19(17)11-8-6-9-12-21(24)25/h13,15,17,19H,2-5,7,9-12,14,16H2,1H3,(H,24,25). The summed E-state index contributed by atoms with van der Waals surface area (Å²) in [5.41, 5.74) is 0. The minimum absolute atomic E-state index is 0.0295. The molecule has 0 saturated heterocycles. The lowest BCUT2D eigenvalue weighted by molar-refractivity contribution is -0.136. The highest BCUT2D eigenvalue weighted by atomic mass is 16.4. The maximum absolute atomic E-state index is 12.0. The summed E-state index contributed by atoms with van der Waals surface area (Å²) in [4.78, 5) is 34.4. The smallest absolute Gasteiger partial charge is 0.304 e. The van der Waals surface area contributed by atoms with E-state index in [1.54, 1.807) is 6.08 Å². The fraction of sp³-hybridized carbons (Fsp3) is 0.667. The summed E-state index contributed by atoms with van der Waals surface area (Å²) in [5, 5.41) is 8.57. The second-order valence-electron chi connectivity index (χ2n) is 6.72. The van der Waals surface area contributed by atoms with Gasteiger partial charge in [0.25, 0.3) is 0 Å². The molecule has 2 unspecified atom stereocenters. The molecule has 4 nitrogen and oxygen atoms in total. The third-order valence-corrected chi connectivity index (χ3v) is 4.62. The highest BCUT2D eigenvalue weighted by Crippen LogP contribution is 2.32. The van der Waals surface area contributed by atoms with Crippen molar-refractivity contribution in [2.45, 2.75) is 77.6 Å². The van der Waals surface area contributed by atoms with Crippen molar-refractivity contribution in [1.29, 1.82) is 0 Å². The Morgan fingerprint density at radius 2 is 1.92 bits per heavy atom. The Morgan fingerprint density at radius 3 is 2.64 bits per heavy atom. The number of hydrogen-bond donors (Lipinski definition) is 1. The zero-order valence-electron chi connectivity index (χ0n) is 15.3. The molecule has 0 radical (unpaired) electrons. The topological polar surface area (TPSA) is 71.4 Å². The molecule has 1 N–H and O–H groups in total. The summed E-state index contributed by atoms with van der Waals surface area (Å²) in [7, 11) is 0. The molecule has 138 valence electrons. The largest absolute Gasteiger partial charge is 0.481 e. The molecule has 1 rings (SSSR count). The van der Waals surface area contributed by atoms with Crippen molar-refractivity contribution < 1.29 is 19.5 Å². The van der Waals surface area contributed by atoms with E-state index in [0.29, 0.717) is 25.7 Å². The Morgan fingerprint density at radius 1 is 1.16 bits per heavy atom. The van der Waals surface area contributed by atoms with E-state index in [1.165, 1.54) is 19.3 Å². The molecule has 1 aliphatic rings. The van der Waals surface area contributed by atoms with Gasteiger partial charge in [-0.2, -0.15) is 0 Å². The van der Waals surface area contributed by atoms with Crippen molar-refractivity contribution in [2.24, 2.45) is 11.8 Å². The Labute approximate surface area is 151 Å². The molecular weight excluding hydrogens is 316 g/mol. The Balaban J connectivity index is 2.38. The first kappa shape index (κ1) is 21.2. The quantitative estimate of drug-likeness (QED) is 0.343. The van der Waals surface area contributed by atoms with E-state index in [9.17, 15) is 14.4 Å². The number of ketones is 2. The Bertz CT molecular complexity index is 536. The number of unbranched alkanes of at least 4 members (excludes halogenated alkanes) is 4. The lowest BCUT2D eigenvalue weighted by Gasteiger charge is -2.11. The van der Waals surface area contributed by atoms with Crippen molar-refractivity contribution in [1.82, 2.24) is 0 Å². The zero-order chi connectivity index (χ0) is 18.5. The van der Waals surface area contributed by atoms with Crippen LogP contribution in [0.3, 0.4) is 0 Å². The molecule has 0 aromatic rings. The molecule has 4 heteroatoms. The molecule has 0 spiro atoms. The summed E-state index contributed by atoms with van der Waals surface area (Å²) >= 11 is 0.